The Balaban J connectivity index is 3.46. The van der Waals surface area contributed by atoms with Gasteiger partial charge in [0.05, 0.1) is 0 Å². The summed E-state index contributed by atoms with van der Waals surface area (Å²) in [5.41, 5.74) is 7.06. The summed E-state index contributed by atoms with van der Waals surface area (Å²) < 4.78 is 0. The number of nitrogens with two attached hydrogens (primary N) is 1. The van der Waals surface area contributed by atoms with Gasteiger partial charge in [-0.1, -0.05) is 0 Å². The number of hydrazine groups is 1. The largest absolute Gasteiger partial charge is 0.369 e. The van der Waals surface area contributed by atoms with Crippen LogP contribution in [-0.4, -0.2) is 24.4 Å². The second-order valence-corrected chi connectivity index (χ2v) is 1.19. The van der Waals surface area contributed by atoms with Crippen LogP contribution in [0.25, 0.3) is 0 Å². The summed E-state index contributed by atoms with van der Waals surface area (Å²) in [5, 5.41) is 7.78. The molecule has 5 heteroatoms. The fourth-order valence-electron chi connectivity index (χ4n) is 0.149. The van der Waals surface area contributed by atoms with Crippen molar-refractivity contribution >= 4 is 12.4 Å². The smallest absolute Gasteiger partial charge is 0.225 e. The van der Waals surface area contributed by atoms with Gasteiger partial charge in [-0.15, -0.1) is 0 Å². The Hall–Kier alpha value is -1.26. The summed E-state index contributed by atoms with van der Waals surface area (Å²) in [6.45, 7) is 0. The molecule has 0 heterocycles. The zero-order valence-electron chi connectivity index (χ0n) is 4.51. The fourth-order valence-corrected chi connectivity index (χ4v) is 0.149. The van der Waals surface area contributed by atoms with Gasteiger partial charge in [0.25, 0.3) is 0 Å². The Morgan fingerprint density at radius 1 is 2.00 bits per heavy atom. The minimum atomic E-state index is -0.197. The molecule has 0 atom stereocenters. The van der Waals surface area contributed by atoms with Crippen molar-refractivity contribution in [3.8, 4) is 0 Å². The van der Waals surface area contributed by atoms with Gasteiger partial charge in [0, 0.05) is 7.05 Å². The Morgan fingerprint density at radius 3 is 2.62 bits per heavy atom. The highest BCUT2D eigenvalue weighted by atomic mass is 16.1. The molecular formula is C3H8N4O. The standard InChI is InChI=1S/C3H8N4O/c1-7(3(4)5)6-2-8/h2H,1H3,(H3,4,5)(H,6,8). The van der Waals surface area contributed by atoms with Crippen LogP contribution in [0.2, 0.25) is 0 Å². The van der Waals surface area contributed by atoms with Gasteiger partial charge in [-0.3, -0.25) is 20.6 Å². The molecule has 0 spiro atoms. The minimum absolute atomic E-state index is 0.197. The number of hydrogen-bond acceptors (Lipinski definition) is 2. The highest BCUT2D eigenvalue weighted by molar-refractivity contribution is 5.75. The molecule has 0 bridgehead atoms. The van der Waals surface area contributed by atoms with Crippen molar-refractivity contribution in [2.75, 3.05) is 7.05 Å². The quantitative estimate of drug-likeness (QED) is 0.177. The predicted octanol–water partition coefficient (Wildman–Crippen LogP) is -1.53. The highest BCUT2D eigenvalue weighted by Gasteiger charge is 1.91. The van der Waals surface area contributed by atoms with Gasteiger partial charge < -0.3 is 5.73 Å². The van der Waals surface area contributed by atoms with Crippen LogP contribution < -0.4 is 11.2 Å². The maximum absolute atomic E-state index is 9.61. The number of nitrogens with zero attached hydrogens (tertiary/aromatic N) is 1. The first-order valence-electron chi connectivity index (χ1n) is 1.96. The highest BCUT2D eigenvalue weighted by Crippen LogP contribution is 1.63. The lowest BCUT2D eigenvalue weighted by molar-refractivity contribution is -0.112. The van der Waals surface area contributed by atoms with E-state index in [9.17, 15) is 4.79 Å². The van der Waals surface area contributed by atoms with Crippen molar-refractivity contribution in [2.24, 2.45) is 5.73 Å². The van der Waals surface area contributed by atoms with E-state index in [-0.39, 0.29) is 5.96 Å². The molecule has 0 aromatic heterocycles. The molecule has 0 aliphatic carbocycles. The lowest BCUT2D eigenvalue weighted by atomic mass is 10.9. The lowest BCUT2D eigenvalue weighted by Gasteiger charge is -2.12. The van der Waals surface area contributed by atoms with Crippen molar-refractivity contribution in [3.63, 3.8) is 0 Å². The number of nitrogens with one attached hydrogen (secondary N) is 2. The third-order valence-corrected chi connectivity index (χ3v) is 0.608. The first-order chi connectivity index (χ1) is 3.68. The SMILES string of the molecule is CN(NC=O)C(=N)N. The average Bonchev–Trinajstić information content (AvgIpc) is 1.67. The van der Waals surface area contributed by atoms with E-state index in [1.54, 1.807) is 0 Å². The first kappa shape index (κ1) is 6.74. The van der Waals surface area contributed by atoms with Crippen LogP contribution in [0.1, 0.15) is 0 Å². The molecule has 0 aromatic carbocycles. The molecule has 0 aliphatic heterocycles. The molecule has 0 aromatic rings. The Bertz CT molecular complexity index is 101. The van der Waals surface area contributed by atoms with E-state index >= 15 is 0 Å². The van der Waals surface area contributed by atoms with E-state index in [1.807, 2.05) is 0 Å². The molecule has 1 amide bonds. The van der Waals surface area contributed by atoms with Crippen LogP contribution in [0.15, 0.2) is 0 Å². The summed E-state index contributed by atoms with van der Waals surface area (Å²) in [7, 11) is 1.47. The average molecular weight is 116 g/mol. The van der Waals surface area contributed by atoms with E-state index in [0.29, 0.717) is 6.41 Å². The van der Waals surface area contributed by atoms with Gasteiger partial charge in [0.15, 0.2) is 0 Å². The topological polar surface area (TPSA) is 82.2 Å². The minimum Gasteiger partial charge on any atom is -0.369 e. The summed E-state index contributed by atoms with van der Waals surface area (Å²) in [6, 6.07) is 0. The number of carbonyl (C=O) groups is 1. The molecule has 5 nitrogen and oxygen atoms in total. The molecule has 0 saturated carbocycles. The summed E-state index contributed by atoms with van der Waals surface area (Å²) in [5.74, 6) is -0.197. The van der Waals surface area contributed by atoms with Crippen molar-refractivity contribution in [3.05, 3.63) is 0 Å². The van der Waals surface area contributed by atoms with Crippen molar-refractivity contribution in [1.29, 1.82) is 5.41 Å². The Labute approximate surface area is 46.9 Å². The fraction of sp³-hybridized carbons (Fsp3) is 0.333. The van der Waals surface area contributed by atoms with Crippen LogP contribution in [0, 0.1) is 5.41 Å². The molecule has 8 heavy (non-hydrogen) atoms. The first-order valence-corrected chi connectivity index (χ1v) is 1.96. The van der Waals surface area contributed by atoms with Gasteiger partial charge in [0.1, 0.15) is 0 Å². The van der Waals surface area contributed by atoms with Crippen molar-refractivity contribution < 1.29 is 4.79 Å². The molecular weight excluding hydrogens is 108 g/mol. The van der Waals surface area contributed by atoms with Gasteiger partial charge >= 0.3 is 0 Å². The lowest BCUT2D eigenvalue weighted by Crippen LogP contribution is -2.42. The second kappa shape index (κ2) is 2.84. The second-order valence-electron chi connectivity index (χ2n) is 1.19. The van der Waals surface area contributed by atoms with E-state index in [2.05, 4.69) is 5.43 Å². The number of guanidine groups is 1. The van der Waals surface area contributed by atoms with Gasteiger partial charge in [-0.2, -0.15) is 0 Å². The molecule has 46 valence electrons. The van der Waals surface area contributed by atoms with Crippen LogP contribution in [0.4, 0.5) is 0 Å². The van der Waals surface area contributed by atoms with Crippen molar-refractivity contribution in [1.82, 2.24) is 10.4 Å². The van der Waals surface area contributed by atoms with Gasteiger partial charge in [-0.25, -0.2) is 0 Å². The number of carbonyl (C=O) groups excluding carboxylic acids is 1. The van der Waals surface area contributed by atoms with Gasteiger partial charge in [0.2, 0.25) is 12.4 Å². The maximum atomic E-state index is 9.61. The zero-order chi connectivity index (χ0) is 6.57. The van der Waals surface area contributed by atoms with Gasteiger partial charge in [-0.05, 0) is 0 Å². The molecule has 0 saturated heterocycles. The third kappa shape index (κ3) is 2.01. The summed E-state index contributed by atoms with van der Waals surface area (Å²) >= 11 is 0. The maximum Gasteiger partial charge on any atom is 0.225 e. The van der Waals surface area contributed by atoms with E-state index in [0.717, 1.165) is 5.01 Å². The van der Waals surface area contributed by atoms with Crippen LogP contribution >= 0.6 is 0 Å². The molecule has 0 radical (unpaired) electrons. The van der Waals surface area contributed by atoms with E-state index in [4.69, 9.17) is 11.1 Å². The summed E-state index contributed by atoms with van der Waals surface area (Å²) in [6.07, 6.45) is 0.446. The molecule has 0 fully saturated rings. The normalized spacial score (nSPS) is 7.62. The van der Waals surface area contributed by atoms with Crippen LogP contribution in [0.5, 0.6) is 0 Å². The number of rotatable bonds is 2. The van der Waals surface area contributed by atoms with E-state index < -0.39 is 0 Å². The van der Waals surface area contributed by atoms with Crippen LogP contribution in [-0.2, 0) is 4.79 Å². The zero-order valence-corrected chi connectivity index (χ0v) is 4.51. The van der Waals surface area contributed by atoms with Crippen LogP contribution in [0.3, 0.4) is 0 Å². The predicted molar refractivity (Wildman–Crippen MR) is 28.9 cm³/mol. The molecule has 0 aliphatic rings. The summed E-state index contributed by atoms with van der Waals surface area (Å²) in [4.78, 5) is 9.61. The third-order valence-electron chi connectivity index (χ3n) is 0.608. The molecule has 4 N–H and O–H groups in total. The van der Waals surface area contributed by atoms with Crippen molar-refractivity contribution in [2.45, 2.75) is 0 Å². The number of hydrogen-bond donors (Lipinski definition) is 3. The Morgan fingerprint density at radius 2 is 2.50 bits per heavy atom. The van der Waals surface area contributed by atoms with E-state index in [1.165, 1.54) is 7.05 Å². The Kier molecular flexibility index (Phi) is 2.39. The number of amides is 1. The molecule has 0 unspecified atom stereocenters. The molecule has 0 rings (SSSR count). The monoisotopic (exact) mass is 116 g/mol.